The lowest BCUT2D eigenvalue weighted by Gasteiger charge is -2.21. The average molecular weight is 373 g/mol. The molecule has 1 heterocycles. The Morgan fingerprint density at radius 3 is 2.60 bits per heavy atom. The van der Waals surface area contributed by atoms with E-state index in [1.807, 2.05) is 29.5 Å². The molecule has 0 saturated carbocycles. The summed E-state index contributed by atoms with van der Waals surface area (Å²) in [5.74, 6) is 0. The first kappa shape index (κ1) is 16.0. The number of rotatable bonds is 5. The lowest BCUT2D eigenvalue weighted by atomic mass is 9.99. The van der Waals surface area contributed by atoms with Crippen LogP contribution < -0.4 is 5.32 Å². The van der Waals surface area contributed by atoms with Crippen LogP contribution >= 0.6 is 38.9 Å². The Morgan fingerprint density at radius 1 is 1.25 bits per heavy atom. The Morgan fingerprint density at radius 2 is 2.00 bits per heavy atom. The van der Waals surface area contributed by atoms with Crippen LogP contribution in [0.25, 0.3) is 0 Å². The zero-order valence-corrected chi connectivity index (χ0v) is 15.1. The first-order valence-electron chi connectivity index (χ1n) is 6.78. The van der Waals surface area contributed by atoms with E-state index in [1.54, 1.807) is 0 Å². The maximum absolute atomic E-state index is 6.18. The van der Waals surface area contributed by atoms with Gasteiger partial charge in [-0.25, -0.2) is 0 Å². The Balaban J connectivity index is 2.46. The molecule has 1 atom stereocenters. The summed E-state index contributed by atoms with van der Waals surface area (Å²) in [6.45, 7) is 7.51. The molecule has 1 aromatic heterocycles. The monoisotopic (exact) mass is 371 g/mol. The predicted octanol–water partition coefficient (Wildman–Crippen LogP) is 5.87. The largest absolute Gasteiger partial charge is 0.306 e. The van der Waals surface area contributed by atoms with Gasteiger partial charge in [0.25, 0.3) is 0 Å². The number of thiophene rings is 1. The molecule has 0 amide bonds. The van der Waals surface area contributed by atoms with E-state index in [9.17, 15) is 0 Å². The predicted molar refractivity (Wildman–Crippen MR) is 93.1 cm³/mol. The highest BCUT2D eigenvalue weighted by Crippen LogP contribution is 2.35. The maximum atomic E-state index is 6.18. The molecule has 4 heteroatoms. The van der Waals surface area contributed by atoms with Crippen LogP contribution in [0.4, 0.5) is 0 Å². The number of hydrogen-bond acceptors (Lipinski definition) is 2. The van der Waals surface area contributed by atoms with Crippen molar-refractivity contribution in [2.75, 3.05) is 6.54 Å². The van der Waals surface area contributed by atoms with Crippen molar-refractivity contribution in [3.05, 3.63) is 54.6 Å². The van der Waals surface area contributed by atoms with Gasteiger partial charge in [0.1, 0.15) is 0 Å². The highest BCUT2D eigenvalue weighted by Gasteiger charge is 2.20. The zero-order valence-electron chi connectivity index (χ0n) is 12.0. The maximum Gasteiger partial charge on any atom is 0.0599 e. The van der Waals surface area contributed by atoms with Crippen molar-refractivity contribution < 1.29 is 0 Å². The molecule has 2 rings (SSSR count). The summed E-state index contributed by atoms with van der Waals surface area (Å²) in [5, 5.41) is 4.42. The topological polar surface area (TPSA) is 12.0 Å². The second kappa shape index (κ2) is 7.08. The van der Waals surface area contributed by atoms with Gasteiger partial charge in [-0.3, -0.25) is 0 Å². The fourth-order valence-electron chi connectivity index (χ4n) is 2.35. The molecule has 1 aromatic carbocycles. The van der Waals surface area contributed by atoms with E-state index in [0.29, 0.717) is 0 Å². The van der Waals surface area contributed by atoms with Crippen LogP contribution in [-0.2, 0) is 0 Å². The second-order valence-electron chi connectivity index (χ2n) is 4.92. The molecule has 1 N–H and O–H groups in total. The van der Waals surface area contributed by atoms with Gasteiger partial charge in [-0.1, -0.05) is 34.5 Å². The normalized spacial score (nSPS) is 12.7. The van der Waals surface area contributed by atoms with E-state index in [-0.39, 0.29) is 6.04 Å². The van der Waals surface area contributed by atoms with Gasteiger partial charge < -0.3 is 5.32 Å². The van der Waals surface area contributed by atoms with E-state index in [0.717, 1.165) is 22.5 Å². The minimum Gasteiger partial charge on any atom is -0.306 e. The van der Waals surface area contributed by atoms with Crippen molar-refractivity contribution in [3.63, 3.8) is 0 Å². The summed E-state index contributed by atoms with van der Waals surface area (Å²) >= 11 is 11.7. The van der Waals surface area contributed by atoms with E-state index in [4.69, 9.17) is 11.6 Å². The van der Waals surface area contributed by atoms with Crippen LogP contribution in [0.15, 0.2) is 28.7 Å². The first-order chi connectivity index (χ1) is 9.52. The third kappa shape index (κ3) is 3.64. The van der Waals surface area contributed by atoms with Gasteiger partial charge in [-0.15, -0.1) is 11.3 Å². The van der Waals surface area contributed by atoms with Gasteiger partial charge in [0, 0.05) is 19.2 Å². The van der Waals surface area contributed by atoms with Crippen molar-refractivity contribution >= 4 is 38.9 Å². The van der Waals surface area contributed by atoms with Crippen LogP contribution in [0.1, 0.15) is 40.3 Å². The fraction of sp³-hybridized carbons (Fsp3) is 0.375. The molecule has 2 aromatic rings. The van der Waals surface area contributed by atoms with Gasteiger partial charge in [0.05, 0.1) is 6.04 Å². The minimum atomic E-state index is 0.188. The van der Waals surface area contributed by atoms with Gasteiger partial charge in [0.15, 0.2) is 0 Å². The fourth-order valence-corrected chi connectivity index (χ4v) is 3.97. The molecule has 0 saturated heterocycles. The summed E-state index contributed by atoms with van der Waals surface area (Å²) < 4.78 is 1.10. The summed E-state index contributed by atoms with van der Waals surface area (Å²) in [7, 11) is 0. The number of benzene rings is 1. The first-order valence-corrected chi connectivity index (χ1v) is 8.77. The molecule has 1 nitrogen and oxygen atoms in total. The lowest BCUT2D eigenvalue weighted by molar-refractivity contribution is 0.596. The molecule has 0 aliphatic rings. The molecule has 0 aliphatic heterocycles. The van der Waals surface area contributed by atoms with Crippen LogP contribution in [0.3, 0.4) is 0 Å². The van der Waals surface area contributed by atoms with Crippen molar-refractivity contribution in [1.29, 1.82) is 0 Å². The molecule has 108 valence electrons. The molecule has 0 bridgehead atoms. The van der Waals surface area contributed by atoms with Gasteiger partial charge in [-0.05, 0) is 62.2 Å². The third-order valence-corrected chi connectivity index (χ3v) is 5.20. The zero-order chi connectivity index (χ0) is 14.7. The van der Waals surface area contributed by atoms with E-state index < -0.39 is 0 Å². The molecule has 0 aliphatic carbocycles. The molecule has 0 radical (unpaired) electrons. The Bertz CT molecular complexity index is 594. The summed E-state index contributed by atoms with van der Waals surface area (Å²) in [6.07, 6.45) is 1.11. The summed E-state index contributed by atoms with van der Waals surface area (Å²) in [6, 6.07) is 8.45. The van der Waals surface area contributed by atoms with Crippen molar-refractivity contribution in [3.8, 4) is 0 Å². The average Bonchev–Trinajstić information content (AvgIpc) is 2.73. The molecule has 1 unspecified atom stereocenters. The Kier molecular flexibility index (Phi) is 5.67. The molecule has 20 heavy (non-hydrogen) atoms. The number of halogens is 2. The van der Waals surface area contributed by atoms with E-state index in [1.165, 1.54) is 20.9 Å². The van der Waals surface area contributed by atoms with Crippen molar-refractivity contribution in [2.45, 2.75) is 33.2 Å². The van der Waals surface area contributed by atoms with Crippen molar-refractivity contribution in [1.82, 2.24) is 5.32 Å². The number of aryl methyl sites for hydroxylation is 2. The van der Waals surface area contributed by atoms with Crippen molar-refractivity contribution in [2.24, 2.45) is 0 Å². The van der Waals surface area contributed by atoms with E-state index in [2.05, 4.69) is 48.1 Å². The van der Waals surface area contributed by atoms with Crippen LogP contribution in [0.2, 0.25) is 5.02 Å². The molecular weight excluding hydrogens is 354 g/mol. The number of hydrogen-bond donors (Lipinski definition) is 1. The highest BCUT2D eigenvalue weighted by atomic mass is 79.9. The van der Waals surface area contributed by atoms with Crippen LogP contribution in [0.5, 0.6) is 0 Å². The van der Waals surface area contributed by atoms with Crippen LogP contribution in [0, 0.1) is 13.8 Å². The quantitative estimate of drug-likeness (QED) is 0.692. The smallest absolute Gasteiger partial charge is 0.0599 e. The summed E-state index contributed by atoms with van der Waals surface area (Å²) in [5.41, 5.74) is 2.55. The lowest BCUT2D eigenvalue weighted by Crippen LogP contribution is -2.23. The molecule has 0 fully saturated rings. The van der Waals surface area contributed by atoms with Gasteiger partial charge in [0.2, 0.25) is 0 Å². The number of nitrogens with one attached hydrogen (secondary N) is 1. The standard InChI is InChI=1S/C16H19BrClNS/c1-4-7-19-16(13-8-10(2)20-11(13)3)14-9-12(18)5-6-15(14)17/h5-6,8-9,16,19H,4,7H2,1-3H3. The molecule has 0 spiro atoms. The summed E-state index contributed by atoms with van der Waals surface area (Å²) in [4.78, 5) is 2.71. The Labute approximate surface area is 138 Å². The van der Waals surface area contributed by atoms with Crippen LogP contribution in [-0.4, -0.2) is 6.54 Å². The highest BCUT2D eigenvalue weighted by molar-refractivity contribution is 9.10. The minimum absolute atomic E-state index is 0.188. The van der Waals surface area contributed by atoms with Gasteiger partial charge >= 0.3 is 0 Å². The van der Waals surface area contributed by atoms with Gasteiger partial charge in [-0.2, -0.15) is 0 Å². The second-order valence-corrected chi connectivity index (χ2v) is 7.67. The van der Waals surface area contributed by atoms with E-state index >= 15 is 0 Å². The Hall–Kier alpha value is -0.350. The SMILES string of the molecule is CCCNC(c1cc(Cl)ccc1Br)c1cc(C)sc1C. The molecular formula is C16H19BrClNS. The third-order valence-electron chi connectivity index (χ3n) is 3.26.